The number of hydrogen-bond acceptors (Lipinski definition) is 6. The number of rotatable bonds is 10. The summed E-state index contributed by atoms with van der Waals surface area (Å²) in [5, 5.41) is 6.76. The van der Waals surface area contributed by atoms with Crippen LogP contribution in [-0.2, 0) is 0 Å². The van der Waals surface area contributed by atoms with Gasteiger partial charge in [0.1, 0.15) is 11.4 Å². The predicted molar refractivity (Wildman–Crippen MR) is 135 cm³/mol. The SMILES string of the molecule is COc1ccc(C(NCC(C)c2ccccc2)c2cccc(Nc3c(OC)c(=O)c3=O)c2)cc1. The van der Waals surface area contributed by atoms with E-state index < -0.39 is 10.9 Å². The van der Waals surface area contributed by atoms with Crippen LogP contribution in [-0.4, -0.2) is 20.8 Å². The Morgan fingerprint density at radius 2 is 1.47 bits per heavy atom. The van der Waals surface area contributed by atoms with Gasteiger partial charge < -0.3 is 20.1 Å². The second-order valence-corrected chi connectivity index (χ2v) is 8.24. The van der Waals surface area contributed by atoms with Crippen LogP contribution in [0, 0.1) is 0 Å². The van der Waals surface area contributed by atoms with Crippen molar-refractivity contribution in [1.82, 2.24) is 5.32 Å². The maximum Gasteiger partial charge on any atom is 0.272 e. The summed E-state index contributed by atoms with van der Waals surface area (Å²) in [6.45, 7) is 2.97. The molecule has 4 aromatic rings. The molecule has 0 amide bonds. The monoisotopic (exact) mass is 456 g/mol. The first kappa shape index (κ1) is 23.3. The molecule has 0 aliphatic carbocycles. The normalized spacial score (nSPS) is 12.8. The van der Waals surface area contributed by atoms with E-state index in [2.05, 4.69) is 41.8 Å². The highest BCUT2D eigenvalue weighted by Gasteiger charge is 2.22. The minimum Gasteiger partial charge on any atom is -0.497 e. The number of methoxy groups -OCH3 is 2. The summed E-state index contributed by atoms with van der Waals surface area (Å²) in [6, 6.07) is 26.1. The molecule has 0 heterocycles. The van der Waals surface area contributed by atoms with Gasteiger partial charge in [0, 0.05) is 12.2 Å². The van der Waals surface area contributed by atoms with Gasteiger partial charge in [-0.25, -0.2) is 0 Å². The summed E-state index contributed by atoms with van der Waals surface area (Å²) >= 11 is 0. The Hall–Kier alpha value is -3.90. The molecule has 34 heavy (non-hydrogen) atoms. The molecule has 0 aromatic heterocycles. The maximum absolute atomic E-state index is 12.0. The van der Waals surface area contributed by atoms with Gasteiger partial charge in [-0.2, -0.15) is 0 Å². The molecule has 4 aromatic carbocycles. The Morgan fingerprint density at radius 1 is 0.765 bits per heavy atom. The van der Waals surface area contributed by atoms with Crippen molar-refractivity contribution >= 4 is 11.4 Å². The Bertz CT molecular complexity index is 1310. The first-order valence-electron chi connectivity index (χ1n) is 11.2. The van der Waals surface area contributed by atoms with E-state index in [1.807, 2.05) is 54.6 Å². The Kier molecular flexibility index (Phi) is 7.09. The van der Waals surface area contributed by atoms with E-state index in [0.29, 0.717) is 11.6 Å². The molecule has 6 nitrogen and oxygen atoms in total. The molecule has 0 radical (unpaired) electrons. The van der Waals surface area contributed by atoms with Crippen molar-refractivity contribution in [2.75, 3.05) is 26.1 Å². The average Bonchev–Trinajstić information content (AvgIpc) is 2.89. The largest absolute Gasteiger partial charge is 0.497 e. The summed E-state index contributed by atoms with van der Waals surface area (Å²) in [4.78, 5) is 23.7. The summed E-state index contributed by atoms with van der Waals surface area (Å²) in [6.07, 6.45) is 0. The molecule has 0 bridgehead atoms. The van der Waals surface area contributed by atoms with Crippen LogP contribution in [0.15, 0.2) is 88.5 Å². The molecule has 6 heteroatoms. The maximum atomic E-state index is 12.0. The minimum atomic E-state index is -0.603. The van der Waals surface area contributed by atoms with Crippen LogP contribution in [0.1, 0.15) is 35.6 Å². The second-order valence-electron chi connectivity index (χ2n) is 8.24. The predicted octanol–water partition coefficient (Wildman–Crippen LogP) is 4.53. The molecule has 0 aliphatic heterocycles. The molecule has 2 unspecified atom stereocenters. The van der Waals surface area contributed by atoms with Gasteiger partial charge in [0.25, 0.3) is 10.9 Å². The highest BCUT2D eigenvalue weighted by Crippen LogP contribution is 2.29. The van der Waals surface area contributed by atoms with E-state index in [0.717, 1.165) is 23.4 Å². The van der Waals surface area contributed by atoms with Gasteiger partial charge >= 0.3 is 0 Å². The summed E-state index contributed by atoms with van der Waals surface area (Å²) in [5.41, 5.74) is 3.11. The van der Waals surface area contributed by atoms with Crippen molar-refractivity contribution in [2.24, 2.45) is 0 Å². The van der Waals surface area contributed by atoms with Crippen LogP contribution in [0.3, 0.4) is 0 Å². The van der Waals surface area contributed by atoms with Crippen molar-refractivity contribution in [1.29, 1.82) is 0 Å². The Morgan fingerprint density at radius 3 is 2.15 bits per heavy atom. The molecule has 2 atom stereocenters. The molecule has 2 N–H and O–H groups in total. The first-order chi connectivity index (χ1) is 16.5. The summed E-state index contributed by atoms with van der Waals surface area (Å²) in [5.74, 6) is 1.18. The van der Waals surface area contributed by atoms with Crippen LogP contribution < -0.4 is 31.0 Å². The zero-order valence-electron chi connectivity index (χ0n) is 19.5. The molecule has 0 aliphatic rings. The van der Waals surface area contributed by atoms with Crippen molar-refractivity contribution in [3.05, 3.63) is 116 Å². The molecule has 0 fully saturated rings. The molecular formula is C28H28N2O4. The van der Waals surface area contributed by atoms with Crippen LogP contribution in [0.25, 0.3) is 0 Å². The zero-order chi connectivity index (χ0) is 24.1. The van der Waals surface area contributed by atoms with Gasteiger partial charge in [-0.05, 0) is 46.9 Å². The molecule has 0 saturated carbocycles. The highest BCUT2D eigenvalue weighted by molar-refractivity contribution is 5.70. The fourth-order valence-corrected chi connectivity index (χ4v) is 4.04. The molecule has 174 valence electrons. The van der Waals surface area contributed by atoms with E-state index in [-0.39, 0.29) is 17.5 Å². The van der Waals surface area contributed by atoms with Gasteiger partial charge in [0.05, 0.1) is 20.3 Å². The van der Waals surface area contributed by atoms with Crippen molar-refractivity contribution < 1.29 is 9.47 Å². The van der Waals surface area contributed by atoms with Crippen LogP contribution >= 0.6 is 0 Å². The lowest BCUT2D eigenvalue weighted by atomic mass is 9.96. The van der Waals surface area contributed by atoms with Crippen molar-refractivity contribution in [3.8, 4) is 11.5 Å². The smallest absolute Gasteiger partial charge is 0.272 e. The average molecular weight is 457 g/mol. The third-order valence-electron chi connectivity index (χ3n) is 6.01. The van der Waals surface area contributed by atoms with Gasteiger partial charge in [-0.15, -0.1) is 0 Å². The first-order valence-corrected chi connectivity index (χ1v) is 11.2. The lowest BCUT2D eigenvalue weighted by Gasteiger charge is -2.23. The van der Waals surface area contributed by atoms with E-state index in [9.17, 15) is 9.59 Å². The lowest BCUT2D eigenvalue weighted by Crippen LogP contribution is -2.34. The van der Waals surface area contributed by atoms with E-state index >= 15 is 0 Å². The summed E-state index contributed by atoms with van der Waals surface area (Å²) < 4.78 is 10.4. The van der Waals surface area contributed by atoms with Crippen LogP contribution in [0.4, 0.5) is 11.4 Å². The van der Waals surface area contributed by atoms with E-state index in [4.69, 9.17) is 9.47 Å². The third kappa shape index (κ3) is 4.87. The molecule has 0 spiro atoms. The van der Waals surface area contributed by atoms with E-state index in [1.165, 1.54) is 12.7 Å². The van der Waals surface area contributed by atoms with Gasteiger partial charge in [0.15, 0.2) is 5.75 Å². The number of anilines is 2. The van der Waals surface area contributed by atoms with Gasteiger partial charge in [-0.1, -0.05) is 61.5 Å². The van der Waals surface area contributed by atoms with Crippen LogP contribution in [0.2, 0.25) is 0 Å². The Labute approximate surface area is 198 Å². The second kappa shape index (κ2) is 10.4. The number of ether oxygens (including phenoxy) is 2. The molecule has 4 rings (SSSR count). The lowest BCUT2D eigenvalue weighted by molar-refractivity contribution is 0.408. The van der Waals surface area contributed by atoms with Crippen molar-refractivity contribution in [3.63, 3.8) is 0 Å². The highest BCUT2D eigenvalue weighted by atomic mass is 16.5. The fraction of sp³-hybridized carbons (Fsp3) is 0.214. The number of benzene rings is 3. The Balaban J connectivity index is 1.61. The van der Waals surface area contributed by atoms with Crippen LogP contribution in [0.5, 0.6) is 11.5 Å². The zero-order valence-corrected chi connectivity index (χ0v) is 19.5. The van der Waals surface area contributed by atoms with Gasteiger partial charge in [-0.3, -0.25) is 9.59 Å². The minimum absolute atomic E-state index is 0.0666. The summed E-state index contributed by atoms with van der Waals surface area (Å²) in [7, 11) is 3.03. The molecular weight excluding hydrogens is 428 g/mol. The third-order valence-corrected chi connectivity index (χ3v) is 6.01. The fourth-order valence-electron chi connectivity index (χ4n) is 4.04. The topological polar surface area (TPSA) is 76.7 Å². The molecule has 0 saturated heterocycles. The quantitative estimate of drug-likeness (QED) is 0.342. The standard InChI is InChI=1S/C28H28N2O4/c1-18(19-8-5-4-6-9-19)17-29-24(20-12-14-23(33-2)15-13-20)21-10-7-11-22(16-21)30-25-26(31)27(32)28(25)34-3/h4-16,18,24,29-30H,17H2,1-3H3. The number of hydrogen-bond donors (Lipinski definition) is 2. The number of nitrogens with one attached hydrogen (secondary N) is 2. The van der Waals surface area contributed by atoms with Gasteiger partial charge in [0.2, 0.25) is 0 Å². The van der Waals surface area contributed by atoms with E-state index in [1.54, 1.807) is 7.11 Å². The van der Waals surface area contributed by atoms with Crippen molar-refractivity contribution in [2.45, 2.75) is 18.9 Å².